The zero-order chi connectivity index (χ0) is 23.4. The molecule has 3 fully saturated rings. The van der Waals surface area contributed by atoms with E-state index in [9.17, 15) is 19.5 Å². The Bertz CT molecular complexity index is 747. The lowest BCUT2D eigenvalue weighted by molar-refractivity contribution is -0.162. The van der Waals surface area contributed by atoms with E-state index >= 15 is 0 Å². The molecule has 8 nitrogen and oxygen atoms in total. The van der Waals surface area contributed by atoms with Crippen LogP contribution in [0.2, 0.25) is 0 Å². The van der Waals surface area contributed by atoms with E-state index in [-0.39, 0.29) is 30.9 Å². The summed E-state index contributed by atoms with van der Waals surface area (Å²) in [6.45, 7) is 13.1. The van der Waals surface area contributed by atoms with Gasteiger partial charge in [0.25, 0.3) is 0 Å². The van der Waals surface area contributed by atoms with Crippen molar-refractivity contribution >= 4 is 17.8 Å². The average molecular weight is 439 g/mol. The van der Waals surface area contributed by atoms with Crippen LogP contribution in [0.25, 0.3) is 0 Å². The van der Waals surface area contributed by atoms with Gasteiger partial charge in [-0.1, -0.05) is 20.8 Å². The maximum atomic E-state index is 13.9. The first-order valence-corrected chi connectivity index (χ1v) is 11.5. The SMILES string of the molecule is CCOC(=O)[C@@H]1[C@H]2C(=O)N([C@@H](CO)C(C)C)C(C(=O)NC(C)(C)C)C23CC[C@@]1(CC)O3. The molecule has 0 aromatic carbocycles. The molecule has 31 heavy (non-hydrogen) atoms. The van der Waals surface area contributed by atoms with Gasteiger partial charge in [-0.3, -0.25) is 14.4 Å². The van der Waals surface area contributed by atoms with Gasteiger partial charge in [-0.25, -0.2) is 0 Å². The summed E-state index contributed by atoms with van der Waals surface area (Å²) < 4.78 is 12.0. The van der Waals surface area contributed by atoms with Gasteiger partial charge in [0, 0.05) is 5.54 Å². The van der Waals surface area contributed by atoms with Gasteiger partial charge < -0.3 is 24.8 Å². The zero-order valence-corrected chi connectivity index (χ0v) is 19.9. The lowest BCUT2D eigenvalue weighted by Crippen LogP contribution is -2.61. The fourth-order valence-electron chi connectivity index (χ4n) is 5.96. The molecule has 3 aliphatic rings. The fraction of sp³-hybridized carbons (Fsp3) is 0.870. The highest BCUT2D eigenvalue weighted by molar-refractivity contribution is 5.99. The van der Waals surface area contributed by atoms with Crippen LogP contribution in [0, 0.1) is 17.8 Å². The Kier molecular flexibility index (Phi) is 6.21. The summed E-state index contributed by atoms with van der Waals surface area (Å²) in [5, 5.41) is 13.1. The van der Waals surface area contributed by atoms with Crippen molar-refractivity contribution in [1.29, 1.82) is 0 Å². The minimum Gasteiger partial charge on any atom is -0.466 e. The third-order valence-electron chi connectivity index (χ3n) is 7.22. The van der Waals surface area contributed by atoms with Crippen molar-refractivity contribution < 1.29 is 29.0 Å². The standard InChI is InChI=1S/C23H38N2O6/c1-8-22-10-11-23(31-22)15(16(22)20(29)30-9-2)19(28)25(14(12-26)13(3)4)17(23)18(27)24-21(5,6)7/h13-17,26H,8-12H2,1-7H3,(H,24,27)/t14-,15-,16-,17?,22+,23?/m0/s1. The molecule has 176 valence electrons. The third kappa shape index (κ3) is 3.55. The topological polar surface area (TPSA) is 105 Å². The van der Waals surface area contributed by atoms with E-state index in [1.165, 1.54) is 4.90 Å². The highest BCUT2D eigenvalue weighted by Crippen LogP contribution is 2.64. The molecule has 3 saturated heterocycles. The first-order chi connectivity index (χ1) is 14.4. The highest BCUT2D eigenvalue weighted by atomic mass is 16.6. The number of nitrogens with one attached hydrogen (secondary N) is 1. The Hall–Kier alpha value is -1.67. The number of rotatable bonds is 7. The number of likely N-dealkylation sites (tertiary alicyclic amines) is 1. The molecule has 2 bridgehead atoms. The van der Waals surface area contributed by atoms with Crippen molar-refractivity contribution in [2.75, 3.05) is 13.2 Å². The van der Waals surface area contributed by atoms with Crippen LogP contribution in [0.5, 0.6) is 0 Å². The van der Waals surface area contributed by atoms with Crippen molar-refractivity contribution in [1.82, 2.24) is 10.2 Å². The molecule has 0 aromatic rings. The molecule has 1 spiro atoms. The number of esters is 1. The van der Waals surface area contributed by atoms with Gasteiger partial charge in [0.2, 0.25) is 11.8 Å². The summed E-state index contributed by atoms with van der Waals surface area (Å²) in [6, 6.07) is -1.46. The minimum atomic E-state index is -1.10. The maximum absolute atomic E-state index is 13.9. The Morgan fingerprint density at radius 1 is 1.29 bits per heavy atom. The summed E-state index contributed by atoms with van der Waals surface area (Å²) in [5.74, 6) is -2.66. The number of amides is 2. The van der Waals surface area contributed by atoms with E-state index < -0.39 is 46.6 Å². The van der Waals surface area contributed by atoms with Crippen LogP contribution in [0.3, 0.4) is 0 Å². The van der Waals surface area contributed by atoms with Crippen molar-refractivity contribution in [2.45, 2.75) is 96.6 Å². The highest BCUT2D eigenvalue weighted by Gasteiger charge is 2.79. The first kappa shape index (κ1) is 24.0. The van der Waals surface area contributed by atoms with Crippen LogP contribution in [-0.2, 0) is 23.9 Å². The lowest BCUT2D eigenvalue weighted by atomic mass is 9.65. The van der Waals surface area contributed by atoms with Crippen molar-refractivity contribution in [3.63, 3.8) is 0 Å². The van der Waals surface area contributed by atoms with Crippen LogP contribution < -0.4 is 5.32 Å². The molecule has 2 unspecified atom stereocenters. The van der Waals surface area contributed by atoms with Crippen molar-refractivity contribution in [2.24, 2.45) is 17.8 Å². The number of aliphatic hydroxyl groups is 1. The maximum Gasteiger partial charge on any atom is 0.312 e. The molecular formula is C23H38N2O6. The quantitative estimate of drug-likeness (QED) is 0.586. The van der Waals surface area contributed by atoms with Gasteiger partial charge >= 0.3 is 5.97 Å². The van der Waals surface area contributed by atoms with Gasteiger partial charge in [0.1, 0.15) is 17.6 Å². The monoisotopic (exact) mass is 438 g/mol. The van der Waals surface area contributed by atoms with E-state index in [4.69, 9.17) is 9.47 Å². The number of ether oxygens (including phenoxy) is 2. The smallest absolute Gasteiger partial charge is 0.312 e. The van der Waals surface area contributed by atoms with Crippen molar-refractivity contribution in [3.8, 4) is 0 Å². The lowest BCUT2D eigenvalue weighted by Gasteiger charge is -2.39. The molecule has 8 heteroatoms. The van der Waals surface area contributed by atoms with E-state index in [1.807, 2.05) is 41.5 Å². The summed E-state index contributed by atoms with van der Waals surface area (Å²) in [7, 11) is 0. The van der Waals surface area contributed by atoms with Crippen LogP contribution in [0.15, 0.2) is 0 Å². The summed E-state index contributed by atoms with van der Waals surface area (Å²) in [6.07, 6.45) is 1.67. The van der Waals surface area contributed by atoms with Gasteiger partial charge in [-0.05, 0) is 52.9 Å². The largest absolute Gasteiger partial charge is 0.466 e. The Labute approximate surface area is 185 Å². The molecule has 0 saturated carbocycles. The predicted octanol–water partition coefficient (Wildman–Crippen LogP) is 1.64. The Morgan fingerprint density at radius 2 is 1.94 bits per heavy atom. The molecule has 3 heterocycles. The van der Waals surface area contributed by atoms with Crippen LogP contribution in [0.1, 0.15) is 67.7 Å². The predicted molar refractivity (Wildman–Crippen MR) is 114 cm³/mol. The van der Waals surface area contributed by atoms with Crippen LogP contribution in [0.4, 0.5) is 0 Å². The van der Waals surface area contributed by atoms with E-state index in [1.54, 1.807) is 6.92 Å². The van der Waals surface area contributed by atoms with E-state index in [0.717, 1.165) is 0 Å². The first-order valence-electron chi connectivity index (χ1n) is 11.5. The molecule has 6 atom stereocenters. The molecule has 3 aliphatic heterocycles. The average Bonchev–Trinajstić information content (AvgIpc) is 3.25. The van der Waals surface area contributed by atoms with Crippen molar-refractivity contribution in [3.05, 3.63) is 0 Å². The van der Waals surface area contributed by atoms with Crippen LogP contribution in [-0.4, -0.2) is 69.8 Å². The summed E-state index contributed by atoms with van der Waals surface area (Å²) in [4.78, 5) is 42.0. The summed E-state index contributed by atoms with van der Waals surface area (Å²) >= 11 is 0. The van der Waals surface area contributed by atoms with Crippen LogP contribution >= 0.6 is 0 Å². The van der Waals surface area contributed by atoms with Gasteiger partial charge in [0.05, 0.1) is 30.8 Å². The molecule has 0 aromatic heterocycles. The number of carbonyl (C=O) groups is 3. The normalized spacial score (nSPS) is 35.5. The number of hydrogen-bond donors (Lipinski definition) is 2. The Morgan fingerprint density at radius 3 is 2.42 bits per heavy atom. The molecule has 0 radical (unpaired) electrons. The van der Waals surface area contributed by atoms with E-state index in [2.05, 4.69) is 5.32 Å². The zero-order valence-electron chi connectivity index (χ0n) is 19.9. The van der Waals surface area contributed by atoms with Gasteiger partial charge in [-0.15, -0.1) is 0 Å². The fourth-order valence-corrected chi connectivity index (χ4v) is 5.96. The third-order valence-corrected chi connectivity index (χ3v) is 7.22. The molecular weight excluding hydrogens is 400 g/mol. The molecule has 2 amide bonds. The second-order valence-corrected chi connectivity index (χ2v) is 10.6. The van der Waals surface area contributed by atoms with E-state index in [0.29, 0.717) is 19.3 Å². The number of fused-ring (bicyclic) bond motifs is 1. The second-order valence-electron chi connectivity index (χ2n) is 10.6. The van der Waals surface area contributed by atoms with Gasteiger partial charge in [-0.2, -0.15) is 0 Å². The molecule has 0 aliphatic carbocycles. The molecule has 3 rings (SSSR count). The molecule has 2 N–H and O–H groups in total. The second kappa shape index (κ2) is 8.03. The number of hydrogen-bond acceptors (Lipinski definition) is 6. The van der Waals surface area contributed by atoms with Gasteiger partial charge in [0.15, 0.2) is 0 Å². The summed E-state index contributed by atoms with van der Waals surface area (Å²) in [5.41, 5.74) is -2.40. The number of carbonyl (C=O) groups excluding carboxylic acids is 3. The number of nitrogens with zero attached hydrogens (tertiary/aromatic N) is 1. The minimum absolute atomic E-state index is 0.0764. The number of aliphatic hydroxyl groups excluding tert-OH is 1. The Balaban J connectivity index is 2.14.